The second-order valence-corrected chi connectivity index (χ2v) is 5.01. The summed E-state index contributed by atoms with van der Waals surface area (Å²) in [6.45, 7) is 7.49. The number of rotatable bonds is 7. The van der Waals surface area contributed by atoms with E-state index in [9.17, 15) is 9.59 Å². The number of hydrogen-bond donors (Lipinski definition) is 1. The maximum absolute atomic E-state index is 12.1. The van der Waals surface area contributed by atoms with E-state index >= 15 is 0 Å². The van der Waals surface area contributed by atoms with Crippen molar-refractivity contribution in [1.29, 1.82) is 0 Å². The molecule has 1 aromatic rings. The Bertz CT molecular complexity index is 527. The van der Waals surface area contributed by atoms with Gasteiger partial charge in [0.25, 0.3) is 5.91 Å². The molecule has 0 radical (unpaired) electrons. The minimum absolute atomic E-state index is 0.0146. The fourth-order valence-corrected chi connectivity index (χ4v) is 1.76. The second-order valence-electron chi connectivity index (χ2n) is 5.01. The zero-order chi connectivity index (χ0) is 16.7. The molecule has 0 unspecified atom stereocenters. The third kappa shape index (κ3) is 4.95. The summed E-state index contributed by atoms with van der Waals surface area (Å²) < 4.78 is 15.7. The van der Waals surface area contributed by atoms with E-state index in [1.165, 1.54) is 20.1 Å². The zero-order valence-corrected chi connectivity index (χ0v) is 13.6. The highest BCUT2D eigenvalue weighted by molar-refractivity contribution is 5.92. The maximum atomic E-state index is 12.1. The van der Waals surface area contributed by atoms with E-state index in [2.05, 4.69) is 5.32 Å². The van der Waals surface area contributed by atoms with Crippen LogP contribution >= 0.6 is 0 Å². The molecule has 0 saturated heterocycles. The van der Waals surface area contributed by atoms with Crippen molar-refractivity contribution in [1.82, 2.24) is 5.32 Å². The summed E-state index contributed by atoms with van der Waals surface area (Å²) in [5.41, 5.74) is 0.299. The van der Waals surface area contributed by atoms with Gasteiger partial charge in [0, 0.05) is 6.04 Å². The number of carbonyl (C=O) groups excluding carboxylic acids is 2. The van der Waals surface area contributed by atoms with Gasteiger partial charge in [0.1, 0.15) is 0 Å². The van der Waals surface area contributed by atoms with Crippen molar-refractivity contribution in [3.63, 3.8) is 0 Å². The molecule has 1 N–H and O–H groups in total. The molecule has 0 bridgehead atoms. The molecule has 0 heterocycles. The second kappa shape index (κ2) is 8.26. The van der Waals surface area contributed by atoms with Crippen molar-refractivity contribution in [3.8, 4) is 11.5 Å². The van der Waals surface area contributed by atoms with E-state index in [0.717, 1.165) is 0 Å². The standard InChI is InChI=1S/C16H23NO5/c1-6-21-14-9-12(7-8-13(14)20-5)16(19)22-11(4)15(18)17-10(2)3/h7-11H,6H2,1-5H3,(H,17,18)/t11-/m1/s1. The molecule has 1 amide bonds. The Hall–Kier alpha value is -2.24. The van der Waals surface area contributed by atoms with Crippen LogP contribution in [0.2, 0.25) is 0 Å². The fraction of sp³-hybridized carbons (Fsp3) is 0.500. The van der Waals surface area contributed by atoms with E-state index in [-0.39, 0.29) is 11.9 Å². The van der Waals surface area contributed by atoms with Gasteiger partial charge in [-0.25, -0.2) is 4.79 Å². The third-order valence-corrected chi connectivity index (χ3v) is 2.78. The first-order valence-corrected chi connectivity index (χ1v) is 7.21. The number of amides is 1. The number of ether oxygens (including phenoxy) is 3. The number of hydrogen-bond acceptors (Lipinski definition) is 5. The Morgan fingerprint density at radius 2 is 1.86 bits per heavy atom. The molecule has 0 aliphatic heterocycles. The maximum Gasteiger partial charge on any atom is 0.339 e. The van der Waals surface area contributed by atoms with Crippen LogP contribution in [-0.2, 0) is 9.53 Å². The Balaban J connectivity index is 2.80. The quantitative estimate of drug-likeness (QED) is 0.781. The molecule has 122 valence electrons. The lowest BCUT2D eigenvalue weighted by atomic mass is 10.2. The number of carbonyl (C=O) groups is 2. The van der Waals surface area contributed by atoms with Crippen LogP contribution in [0.4, 0.5) is 0 Å². The Labute approximate surface area is 130 Å². The van der Waals surface area contributed by atoms with Crippen molar-refractivity contribution in [2.75, 3.05) is 13.7 Å². The highest BCUT2D eigenvalue weighted by Crippen LogP contribution is 2.28. The Morgan fingerprint density at radius 1 is 1.18 bits per heavy atom. The lowest BCUT2D eigenvalue weighted by Crippen LogP contribution is -2.39. The number of nitrogens with one attached hydrogen (secondary N) is 1. The van der Waals surface area contributed by atoms with Crippen molar-refractivity contribution in [2.24, 2.45) is 0 Å². The largest absolute Gasteiger partial charge is 0.493 e. The number of esters is 1. The molecule has 1 rings (SSSR count). The molecule has 0 spiro atoms. The highest BCUT2D eigenvalue weighted by Gasteiger charge is 2.20. The van der Waals surface area contributed by atoms with E-state index in [1.807, 2.05) is 20.8 Å². The van der Waals surface area contributed by atoms with Crippen LogP contribution in [0.15, 0.2) is 18.2 Å². The predicted molar refractivity (Wildman–Crippen MR) is 82.3 cm³/mol. The van der Waals surface area contributed by atoms with Crippen LogP contribution in [0.3, 0.4) is 0 Å². The van der Waals surface area contributed by atoms with Gasteiger partial charge in [0.05, 0.1) is 19.3 Å². The van der Waals surface area contributed by atoms with Crippen molar-refractivity contribution >= 4 is 11.9 Å². The van der Waals surface area contributed by atoms with Gasteiger partial charge in [-0.2, -0.15) is 0 Å². The molecule has 1 atom stereocenters. The highest BCUT2D eigenvalue weighted by atomic mass is 16.5. The summed E-state index contributed by atoms with van der Waals surface area (Å²) in [6, 6.07) is 4.72. The summed E-state index contributed by atoms with van der Waals surface area (Å²) in [4.78, 5) is 23.9. The first kappa shape index (κ1) is 17.8. The van der Waals surface area contributed by atoms with Crippen LogP contribution in [0, 0.1) is 0 Å². The minimum Gasteiger partial charge on any atom is -0.493 e. The summed E-state index contributed by atoms with van der Waals surface area (Å²) in [6.07, 6.45) is -0.868. The molecular formula is C16H23NO5. The van der Waals surface area contributed by atoms with Gasteiger partial charge in [0.15, 0.2) is 17.6 Å². The summed E-state index contributed by atoms with van der Waals surface area (Å²) in [7, 11) is 1.52. The zero-order valence-electron chi connectivity index (χ0n) is 13.6. The summed E-state index contributed by atoms with van der Waals surface area (Å²) >= 11 is 0. The molecule has 0 aliphatic rings. The van der Waals surface area contributed by atoms with Gasteiger partial charge in [-0.05, 0) is 45.9 Å². The van der Waals surface area contributed by atoms with E-state index in [4.69, 9.17) is 14.2 Å². The summed E-state index contributed by atoms with van der Waals surface area (Å²) in [5.74, 6) is 0.0691. The van der Waals surface area contributed by atoms with Crippen molar-refractivity contribution in [3.05, 3.63) is 23.8 Å². The summed E-state index contributed by atoms with van der Waals surface area (Å²) in [5, 5.41) is 2.69. The smallest absolute Gasteiger partial charge is 0.339 e. The van der Waals surface area contributed by atoms with E-state index in [0.29, 0.717) is 23.7 Å². The molecule has 0 saturated carbocycles. The molecule has 6 heteroatoms. The molecule has 0 aromatic heterocycles. The minimum atomic E-state index is -0.868. The van der Waals surface area contributed by atoms with Gasteiger partial charge in [0.2, 0.25) is 0 Å². The normalized spacial score (nSPS) is 11.7. The first-order chi connectivity index (χ1) is 10.4. The average Bonchev–Trinajstić information content (AvgIpc) is 2.46. The van der Waals surface area contributed by atoms with Crippen LogP contribution in [0.1, 0.15) is 38.1 Å². The van der Waals surface area contributed by atoms with Gasteiger partial charge in [-0.3, -0.25) is 4.79 Å². The van der Waals surface area contributed by atoms with Crippen LogP contribution in [0.25, 0.3) is 0 Å². The molecular weight excluding hydrogens is 286 g/mol. The Morgan fingerprint density at radius 3 is 2.41 bits per heavy atom. The fourth-order valence-electron chi connectivity index (χ4n) is 1.76. The lowest BCUT2D eigenvalue weighted by Gasteiger charge is -2.16. The van der Waals surface area contributed by atoms with Crippen molar-refractivity contribution < 1.29 is 23.8 Å². The molecule has 1 aromatic carbocycles. The lowest BCUT2D eigenvalue weighted by molar-refractivity contribution is -0.129. The number of benzene rings is 1. The number of methoxy groups -OCH3 is 1. The molecule has 6 nitrogen and oxygen atoms in total. The van der Waals surface area contributed by atoms with Crippen LogP contribution < -0.4 is 14.8 Å². The van der Waals surface area contributed by atoms with Gasteiger partial charge >= 0.3 is 5.97 Å². The van der Waals surface area contributed by atoms with Crippen molar-refractivity contribution in [2.45, 2.75) is 39.8 Å². The van der Waals surface area contributed by atoms with Gasteiger partial charge in [-0.1, -0.05) is 0 Å². The monoisotopic (exact) mass is 309 g/mol. The first-order valence-electron chi connectivity index (χ1n) is 7.21. The Kier molecular flexibility index (Phi) is 6.69. The predicted octanol–water partition coefficient (Wildman–Crippen LogP) is 2.16. The van der Waals surface area contributed by atoms with Crippen LogP contribution in [0.5, 0.6) is 11.5 Å². The molecule has 0 aliphatic carbocycles. The van der Waals surface area contributed by atoms with Gasteiger partial charge < -0.3 is 19.5 Å². The topological polar surface area (TPSA) is 73.9 Å². The SMILES string of the molecule is CCOc1cc(C(=O)O[C@H](C)C(=O)NC(C)C)ccc1OC. The van der Waals surface area contributed by atoms with E-state index in [1.54, 1.807) is 12.1 Å². The third-order valence-electron chi connectivity index (χ3n) is 2.78. The molecule has 22 heavy (non-hydrogen) atoms. The van der Waals surface area contributed by atoms with Crippen LogP contribution in [-0.4, -0.2) is 37.7 Å². The van der Waals surface area contributed by atoms with E-state index < -0.39 is 12.1 Å². The average molecular weight is 309 g/mol. The van der Waals surface area contributed by atoms with Gasteiger partial charge in [-0.15, -0.1) is 0 Å². The molecule has 0 fully saturated rings.